The van der Waals surface area contributed by atoms with E-state index in [9.17, 15) is 4.79 Å². The number of carbonyl (C=O) groups excluding carboxylic acids is 1. The zero-order valence-electron chi connectivity index (χ0n) is 10.4. The molecule has 0 radical (unpaired) electrons. The fraction of sp³-hybridized carbons (Fsp3) is 0.636. The lowest BCUT2D eigenvalue weighted by atomic mass is 10.1. The van der Waals surface area contributed by atoms with Crippen molar-refractivity contribution in [2.45, 2.75) is 38.6 Å². The van der Waals surface area contributed by atoms with E-state index in [1.807, 2.05) is 0 Å². The lowest BCUT2D eigenvalue weighted by Crippen LogP contribution is -2.29. The maximum absolute atomic E-state index is 11.6. The van der Waals surface area contributed by atoms with Crippen molar-refractivity contribution in [2.75, 3.05) is 6.61 Å². The smallest absolute Gasteiger partial charge is 0.351 e. The van der Waals surface area contributed by atoms with Crippen LogP contribution in [0.5, 0.6) is 0 Å². The third kappa shape index (κ3) is 8.12. The Morgan fingerprint density at radius 2 is 1.79 bits per heavy atom. The molecule has 8 heteroatoms. The molecule has 0 aromatic rings. The van der Waals surface area contributed by atoms with Crippen LogP contribution in [-0.2, 0) is 23.7 Å². The Morgan fingerprint density at radius 3 is 2.37 bits per heavy atom. The molecule has 102 valence electrons. The molecule has 0 bridgehead atoms. The van der Waals surface area contributed by atoms with Gasteiger partial charge in [-0.1, -0.05) is 0 Å². The second-order valence-electron chi connectivity index (χ2n) is 3.35. The zero-order valence-corrected chi connectivity index (χ0v) is 10.4. The van der Waals surface area contributed by atoms with E-state index in [4.69, 9.17) is 20.5 Å². The van der Waals surface area contributed by atoms with Crippen LogP contribution in [0.25, 0.3) is 0 Å². The lowest BCUT2D eigenvalue weighted by molar-refractivity contribution is -0.174. The number of unbranched alkanes of at least 4 members (excludes halogenated alkanes) is 1. The molecule has 0 aliphatic heterocycles. The van der Waals surface area contributed by atoms with Gasteiger partial charge in [0.1, 0.15) is 6.61 Å². The van der Waals surface area contributed by atoms with Gasteiger partial charge in [0.25, 0.3) is 25.1 Å². The molecule has 2 atom stereocenters. The molecule has 0 rings (SSSR count). The molecule has 0 aliphatic rings. The molecule has 0 saturated carbocycles. The minimum Gasteiger partial charge on any atom is -0.428 e. The summed E-state index contributed by atoms with van der Waals surface area (Å²) in [6.45, 7) is 1.60. The van der Waals surface area contributed by atoms with E-state index in [2.05, 4.69) is 14.2 Å². The molecule has 0 aromatic heterocycles. The summed E-state index contributed by atoms with van der Waals surface area (Å²) >= 11 is 0. The van der Waals surface area contributed by atoms with Gasteiger partial charge < -0.3 is 18.9 Å². The van der Waals surface area contributed by atoms with Crippen LogP contribution in [0.3, 0.4) is 0 Å². The third-order valence-corrected chi connectivity index (χ3v) is 1.99. The van der Waals surface area contributed by atoms with Gasteiger partial charge in [0.15, 0.2) is 0 Å². The second kappa shape index (κ2) is 10.5. The van der Waals surface area contributed by atoms with Crippen LogP contribution in [-0.4, -0.2) is 25.0 Å². The Bertz CT molecular complexity index is 393. The van der Waals surface area contributed by atoms with Crippen LogP contribution in [0.15, 0.2) is 0 Å². The van der Waals surface area contributed by atoms with E-state index >= 15 is 0 Å². The Morgan fingerprint density at radius 1 is 1.11 bits per heavy atom. The SMILES string of the molecule is CC(OC#N)OC(=O)C(CCCCOC#N)OC#N. The van der Waals surface area contributed by atoms with Crippen molar-refractivity contribution in [3.05, 3.63) is 0 Å². The minimum absolute atomic E-state index is 0.235. The van der Waals surface area contributed by atoms with Gasteiger partial charge >= 0.3 is 5.97 Å². The standard InChI is InChI=1S/C11H13N3O5/c1-9(17-7-13)19-11(15)10(18-8-14)4-2-3-5-16-6-12/h9-10H,2-5H2,1H3. The molecule has 0 aromatic carbocycles. The molecule has 0 N–H and O–H groups in total. The molecule has 0 fully saturated rings. The number of esters is 1. The molecule has 8 nitrogen and oxygen atoms in total. The average Bonchev–Trinajstić information content (AvgIpc) is 2.37. The molecule has 19 heavy (non-hydrogen) atoms. The molecule has 0 amide bonds. The monoisotopic (exact) mass is 267 g/mol. The first-order valence-electron chi connectivity index (χ1n) is 5.46. The van der Waals surface area contributed by atoms with Crippen LogP contribution in [0.2, 0.25) is 0 Å². The van der Waals surface area contributed by atoms with Gasteiger partial charge in [0.2, 0.25) is 6.10 Å². The molecular weight excluding hydrogens is 254 g/mol. The predicted octanol–water partition coefficient (Wildman–Crippen LogP) is 0.908. The van der Waals surface area contributed by atoms with Gasteiger partial charge in [-0.15, -0.1) is 0 Å². The second-order valence-corrected chi connectivity index (χ2v) is 3.35. The Kier molecular flexibility index (Phi) is 9.02. The number of rotatable bonds is 9. The van der Waals surface area contributed by atoms with Gasteiger partial charge in [-0.25, -0.2) is 4.79 Å². The van der Waals surface area contributed by atoms with Gasteiger partial charge in [0, 0.05) is 6.92 Å². The Labute approximate surface area is 110 Å². The summed E-state index contributed by atoms with van der Waals surface area (Å²) in [6.07, 6.45) is 3.51. The largest absolute Gasteiger partial charge is 0.428 e. The van der Waals surface area contributed by atoms with Crippen LogP contribution in [0, 0.1) is 34.6 Å². The van der Waals surface area contributed by atoms with Gasteiger partial charge in [0.05, 0.1) is 0 Å². The molecule has 0 saturated heterocycles. The molecule has 2 unspecified atom stereocenters. The van der Waals surface area contributed by atoms with E-state index < -0.39 is 18.4 Å². The normalized spacial score (nSPS) is 11.9. The zero-order chi connectivity index (χ0) is 14.5. The Balaban J connectivity index is 4.10. The van der Waals surface area contributed by atoms with Crippen LogP contribution in [0.1, 0.15) is 26.2 Å². The summed E-state index contributed by atoms with van der Waals surface area (Å²) in [5, 5.41) is 24.8. The van der Waals surface area contributed by atoms with E-state index in [0.29, 0.717) is 12.8 Å². The van der Waals surface area contributed by atoms with Crippen LogP contribution >= 0.6 is 0 Å². The number of nitriles is 3. The van der Waals surface area contributed by atoms with Crippen molar-refractivity contribution in [3.63, 3.8) is 0 Å². The predicted molar refractivity (Wildman–Crippen MR) is 58.2 cm³/mol. The summed E-state index contributed by atoms with van der Waals surface area (Å²) < 4.78 is 18.1. The third-order valence-electron chi connectivity index (χ3n) is 1.99. The lowest BCUT2D eigenvalue weighted by Gasteiger charge is -2.15. The number of hydrogen-bond donors (Lipinski definition) is 0. The van der Waals surface area contributed by atoms with Crippen LogP contribution in [0.4, 0.5) is 0 Å². The van der Waals surface area contributed by atoms with E-state index in [1.54, 1.807) is 0 Å². The van der Waals surface area contributed by atoms with Crippen molar-refractivity contribution in [3.8, 4) is 18.8 Å². The van der Waals surface area contributed by atoms with Gasteiger partial charge in [-0.2, -0.15) is 15.8 Å². The molecule has 0 heterocycles. The van der Waals surface area contributed by atoms with Crippen LogP contribution < -0.4 is 0 Å². The van der Waals surface area contributed by atoms with Crippen molar-refractivity contribution in [1.82, 2.24) is 0 Å². The van der Waals surface area contributed by atoms with Gasteiger partial charge in [-0.05, 0) is 19.3 Å². The van der Waals surface area contributed by atoms with Gasteiger partial charge in [-0.3, -0.25) is 0 Å². The maximum Gasteiger partial charge on any atom is 0.351 e. The van der Waals surface area contributed by atoms with Crippen molar-refractivity contribution < 1.29 is 23.7 Å². The molecule has 0 aliphatic carbocycles. The molecular formula is C11H13N3O5. The summed E-state index contributed by atoms with van der Waals surface area (Å²) in [6, 6.07) is 0. The Hall–Kier alpha value is -2.66. The van der Waals surface area contributed by atoms with E-state index in [0.717, 1.165) is 0 Å². The van der Waals surface area contributed by atoms with Crippen molar-refractivity contribution >= 4 is 5.97 Å². The van der Waals surface area contributed by atoms with Crippen molar-refractivity contribution in [1.29, 1.82) is 15.8 Å². The summed E-state index contributed by atoms with van der Waals surface area (Å²) in [4.78, 5) is 11.6. The highest BCUT2D eigenvalue weighted by molar-refractivity contribution is 5.74. The fourth-order valence-electron chi connectivity index (χ4n) is 1.18. The first-order chi connectivity index (χ1) is 9.15. The summed E-state index contributed by atoms with van der Waals surface area (Å²) in [5.41, 5.74) is 0. The quantitative estimate of drug-likeness (QED) is 0.261. The maximum atomic E-state index is 11.6. The highest BCUT2D eigenvalue weighted by atomic mass is 16.7. The summed E-state index contributed by atoms with van der Waals surface area (Å²) in [5.74, 6) is -0.787. The van der Waals surface area contributed by atoms with Crippen molar-refractivity contribution in [2.24, 2.45) is 0 Å². The van der Waals surface area contributed by atoms with E-state index in [-0.39, 0.29) is 13.0 Å². The first kappa shape index (κ1) is 16.3. The number of hydrogen-bond acceptors (Lipinski definition) is 8. The topological polar surface area (TPSA) is 125 Å². The number of carbonyl (C=O) groups is 1. The van der Waals surface area contributed by atoms with E-state index in [1.165, 1.54) is 25.7 Å². The highest BCUT2D eigenvalue weighted by Gasteiger charge is 2.24. The fourth-order valence-corrected chi connectivity index (χ4v) is 1.18. The number of nitrogens with zero attached hydrogens (tertiary/aromatic N) is 3. The minimum atomic E-state index is -1.06. The summed E-state index contributed by atoms with van der Waals surface area (Å²) in [7, 11) is 0. The first-order valence-corrected chi connectivity index (χ1v) is 5.46. The number of ether oxygens (including phenoxy) is 4. The highest BCUT2D eigenvalue weighted by Crippen LogP contribution is 2.09. The average molecular weight is 267 g/mol. The molecule has 0 spiro atoms.